The molecular weight excluding hydrogens is 468 g/mol. The number of ether oxygens (including phenoxy) is 1. The summed E-state index contributed by atoms with van der Waals surface area (Å²) < 4.78 is 7.93. The van der Waals surface area contributed by atoms with Gasteiger partial charge in [-0.25, -0.2) is 0 Å². The van der Waals surface area contributed by atoms with Crippen molar-refractivity contribution >= 4 is 34.1 Å². The third-order valence-corrected chi connectivity index (χ3v) is 6.71. The third-order valence-electron chi connectivity index (χ3n) is 5.78. The van der Waals surface area contributed by atoms with Crippen LogP contribution < -0.4 is 10.1 Å². The molecule has 1 N–H and O–H groups in total. The van der Waals surface area contributed by atoms with Gasteiger partial charge < -0.3 is 10.1 Å². The minimum Gasteiger partial charge on any atom is -0.486 e. The number of hydrogen-bond acceptors (Lipinski definition) is 5. The third kappa shape index (κ3) is 5.42. The van der Waals surface area contributed by atoms with E-state index < -0.39 is 0 Å². The molecule has 1 aromatic heterocycles. The van der Waals surface area contributed by atoms with Crippen molar-refractivity contribution in [2.75, 3.05) is 11.1 Å². The largest absolute Gasteiger partial charge is 0.486 e. The van der Waals surface area contributed by atoms with E-state index in [-0.39, 0.29) is 18.3 Å². The SMILES string of the molecule is Cc1ccc(OCc2nnc(SCC(=O)Nc3cccc4ccccc34)n2-c2ccc(C)cc2)cc1. The lowest BCUT2D eigenvalue weighted by molar-refractivity contribution is -0.113. The first-order valence-electron chi connectivity index (χ1n) is 11.7. The molecular formula is C29H26N4O2S. The second-order valence-electron chi connectivity index (χ2n) is 8.54. The molecule has 0 bridgehead atoms. The Hall–Kier alpha value is -4.10. The zero-order chi connectivity index (χ0) is 24.9. The van der Waals surface area contributed by atoms with Crippen molar-refractivity contribution in [2.24, 2.45) is 0 Å². The Balaban J connectivity index is 1.34. The molecule has 6 nitrogen and oxygen atoms in total. The highest BCUT2D eigenvalue weighted by Crippen LogP contribution is 2.26. The summed E-state index contributed by atoms with van der Waals surface area (Å²) in [5, 5.41) is 14.5. The molecule has 0 aliphatic rings. The predicted molar refractivity (Wildman–Crippen MR) is 145 cm³/mol. The lowest BCUT2D eigenvalue weighted by Crippen LogP contribution is -2.15. The van der Waals surface area contributed by atoms with E-state index in [0.717, 1.165) is 33.5 Å². The molecule has 0 fully saturated rings. The Morgan fingerprint density at radius 3 is 2.33 bits per heavy atom. The molecule has 0 saturated heterocycles. The Bertz CT molecular complexity index is 1490. The van der Waals surface area contributed by atoms with Crippen molar-refractivity contribution in [3.63, 3.8) is 0 Å². The summed E-state index contributed by atoms with van der Waals surface area (Å²) in [7, 11) is 0. The van der Waals surface area contributed by atoms with Gasteiger partial charge >= 0.3 is 0 Å². The fourth-order valence-corrected chi connectivity index (χ4v) is 4.64. The summed E-state index contributed by atoms with van der Waals surface area (Å²) >= 11 is 1.35. The molecule has 1 amide bonds. The maximum atomic E-state index is 12.9. The summed E-state index contributed by atoms with van der Waals surface area (Å²) in [5.41, 5.74) is 4.05. The van der Waals surface area contributed by atoms with Gasteiger partial charge in [0.2, 0.25) is 5.91 Å². The number of carbonyl (C=O) groups excluding carboxylic acids is 1. The fraction of sp³-hybridized carbons (Fsp3) is 0.138. The number of anilines is 1. The van der Waals surface area contributed by atoms with Gasteiger partial charge in [0.25, 0.3) is 0 Å². The van der Waals surface area contributed by atoms with E-state index in [9.17, 15) is 4.79 Å². The second-order valence-corrected chi connectivity index (χ2v) is 9.48. The monoisotopic (exact) mass is 494 g/mol. The number of rotatable bonds is 8. The Kier molecular flexibility index (Phi) is 7.00. The van der Waals surface area contributed by atoms with Crippen LogP contribution in [0.2, 0.25) is 0 Å². The molecule has 5 rings (SSSR count). The molecule has 0 aliphatic carbocycles. The molecule has 180 valence electrons. The van der Waals surface area contributed by atoms with Crippen LogP contribution in [-0.4, -0.2) is 26.4 Å². The lowest BCUT2D eigenvalue weighted by atomic mass is 10.1. The van der Waals surface area contributed by atoms with E-state index in [1.165, 1.54) is 17.3 Å². The molecule has 0 saturated carbocycles. The molecule has 0 spiro atoms. The van der Waals surface area contributed by atoms with Gasteiger partial charge in [0.1, 0.15) is 12.4 Å². The van der Waals surface area contributed by atoms with Crippen molar-refractivity contribution < 1.29 is 9.53 Å². The summed E-state index contributed by atoms with van der Waals surface area (Å²) in [5.74, 6) is 1.53. The summed E-state index contributed by atoms with van der Waals surface area (Å²) in [6, 6.07) is 29.9. The van der Waals surface area contributed by atoms with Gasteiger partial charge in [-0.2, -0.15) is 0 Å². The van der Waals surface area contributed by atoms with Gasteiger partial charge in [0.15, 0.2) is 11.0 Å². The van der Waals surface area contributed by atoms with Gasteiger partial charge in [0.05, 0.1) is 5.75 Å². The fourth-order valence-electron chi connectivity index (χ4n) is 3.87. The molecule has 0 aliphatic heterocycles. The Morgan fingerprint density at radius 1 is 0.861 bits per heavy atom. The maximum absolute atomic E-state index is 12.9. The number of aryl methyl sites for hydroxylation is 2. The molecule has 36 heavy (non-hydrogen) atoms. The molecule has 1 heterocycles. The van der Waals surface area contributed by atoms with Crippen molar-refractivity contribution in [1.82, 2.24) is 14.8 Å². The number of thioether (sulfide) groups is 1. The van der Waals surface area contributed by atoms with Crippen LogP contribution in [0.4, 0.5) is 5.69 Å². The first-order valence-corrected chi connectivity index (χ1v) is 12.7. The van der Waals surface area contributed by atoms with E-state index in [4.69, 9.17) is 4.74 Å². The Labute approximate surface area is 214 Å². The normalized spacial score (nSPS) is 10.9. The standard InChI is InChI=1S/C29H26N4O2S/c1-20-10-14-23(15-11-20)33-27(18-35-24-16-12-21(2)13-17-24)31-32-29(33)36-19-28(34)30-26-9-5-7-22-6-3-4-8-25(22)26/h3-17H,18-19H2,1-2H3,(H,30,34). The average Bonchev–Trinajstić information content (AvgIpc) is 3.30. The van der Waals surface area contributed by atoms with Crippen LogP contribution in [0.1, 0.15) is 17.0 Å². The topological polar surface area (TPSA) is 69.0 Å². The summed E-state index contributed by atoms with van der Waals surface area (Å²) in [4.78, 5) is 12.9. The van der Waals surface area contributed by atoms with Crippen LogP contribution in [0.3, 0.4) is 0 Å². The number of carbonyl (C=O) groups is 1. The van der Waals surface area contributed by atoms with Gasteiger partial charge in [-0.3, -0.25) is 9.36 Å². The minimum atomic E-state index is -0.104. The van der Waals surface area contributed by atoms with Gasteiger partial charge in [0, 0.05) is 16.8 Å². The number of benzene rings is 4. The van der Waals surface area contributed by atoms with Crippen LogP contribution in [0.15, 0.2) is 96.2 Å². The molecule has 0 unspecified atom stereocenters. The van der Waals surface area contributed by atoms with Crippen molar-refractivity contribution in [2.45, 2.75) is 25.6 Å². The quantitative estimate of drug-likeness (QED) is 0.255. The highest BCUT2D eigenvalue weighted by Gasteiger charge is 2.17. The number of fused-ring (bicyclic) bond motifs is 1. The summed E-state index contributed by atoms with van der Waals surface area (Å²) in [6.07, 6.45) is 0. The first kappa shape index (κ1) is 23.6. The molecule has 4 aromatic carbocycles. The van der Waals surface area contributed by atoms with Crippen LogP contribution in [-0.2, 0) is 11.4 Å². The van der Waals surface area contributed by atoms with Crippen LogP contribution >= 0.6 is 11.8 Å². The average molecular weight is 495 g/mol. The van der Waals surface area contributed by atoms with E-state index >= 15 is 0 Å². The molecule has 0 radical (unpaired) electrons. The molecule has 5 aromatic rings. The van der Waals surface area contributed by atoms with E-state index in [1.807, 2.05) is 109 Å². The second kappa shape index (κ2) is 10.7. The van der Waals surface area contributed by atoms with Crippen LogP contribution in [0, 0.1) is 13.8 Å². The minimum absolute atomic E-state index is 0.104. The van der Waals surface area contributed by atoms with E-state index in [1.54, 1.807) is 0 Å². The first-order chi connectivity index (χ1) is 17.6. The molecule has 7 heteroatoms. The smallest absolute Gasteiger partial charge is 0.234 e. The van der Waals surface area contributed by atoms with E-state index in [2.05, 4.69) is 15.5 Å². The van der Waals surface area contributed by atoms with Crippen molar-refractivity contribution in [1.29, 1.82) is 0 Å². The van der Waals surface area contributed by atoms with Gasteiger partial charge in [-0.05, 0) is 49.6 Å². The number of hydrogen-bond donors (Lipinski definition) is 1. The zero-order valence-electron chi connectivity index (χ0n) is 20.1. The van der Waals surface area contributed by atoms with Gasteiger partial charge in [-0.15, -0.1) is 10.2 Å². The van der Waals surface area contributed by atoms with Crippen molar-refractivity contribution in [3.05, 3.63) is 108 Å². The van der Waals surface area contributed by atoms with Gasteiger partial charge in [-0.1, -0.05) is 83.6 Å². The number of amides is 1. The highest BCUT2D eigenvalue weighted by molar-refractivity contribution is 7.99. The molecule has 0 atom stereocenters. The highest BCUT2D eigenvalue weighted by atomic mass is 32.2. The van der Waals surface area contributed by atoms with Crippen molar-refractivity contribution in [3.8, 4) is 11.4 Å². The number of aromatic nitrogens is 3. The van der Waals surface area contributed by atoms with Crippen LogP contribution in [0.5, 0.6) is 5.75 Å². The lowest BCUT2D eigenvalue weighted by Gasteiger charge is -2.12. The van der Waals surface area contributed by atoms with E-state index in [0.29, 0.717) is 11.0 Å². The zero-order valence-corrected chi connectivity index (χ0v) is 21.0. The Morgan fingerprint density at radius 2 is 1.56 bits per heavy atom. The van der Waals surface area contributed by atoms with Crippen LogP contribution in [0.25, 0.3) is 16.5 Å². The summed E-state index contributed by atoms with van der Waals surface area (Å²) in [6.45, 7) is 4.34. The maximum Gasteiger partial charge on any atom is 0.234 e. The number of nitrogens with zero attached hydrogens (tertiary/aromatic N) is 3. The predicted octanol–water partition coefficient (Wildman–Crippen LogP) is 6.35. The number of nitrogens with one attached hydrogen (secondary N) is 1.